The maximum atomic E-state index is 11.0. The van der Waals surface area contributed by atoms with Crippen molar-refractivity contribution in [1.82, 2.24) is 0 Å². The van der Waals surface area contributed by atoms with Gasteiger partial charge in [-0.05, 0) is 25.2 Å². The van der Waals surface area contributed by atoms with Crippen LogP contribution in [0.4, 0.5) is 0 Å². The lowest BCUT2D eigenvalue weighted by Gasteiger charge is -2.16. The van der Waals surface area contributed by atoms with Gasteiger partial charge in [-0.3, -0.25) is 4.79 Å². The molecule has 1 saturated carbocycles. The van der Waals surface area contributed by atoms with Crippen molar-refractivity contribution in [2.45, 2.75) is 19.3 Å². The highest BCUT2D eigenvalue weighted by Gasteiger charge is 2.55. The topological polar surface area (TPSA) is 52.3 Å². The van der Waals surface area contributed by atoms with Gasteiger partial charge < -0.3 is 10.5 Å². The predicted molar refractivity (Wildman–Crippen MR) is 39.8 cm³/mol. The maximum absolute atomic E-state index is 11.0. The third kappa shape index (κ3) is 0.948. The van der Waals surface area contributed by atoms with E-state index in [1.807, 2.05) is 0 Å². The van der Waals surface area contributed by atoms with E-state index in [1.165, 1.54) is 0 Å². The van der Waals surface area contributed by atoms with Crippen molar-refractivity contribution in [2.75, 3.05) is 13.2 Å². The molecule has 2 fully saturated rings. The predicted octanol–water partition coefficient (Wildman–Crippen LogP) is 0.288. The molecule has 1 aliphatic carbocycles. The van der Waals surface area contributed by atoms with E-state index in [4.69, 9.17) is 10.5 Å². The summed E-state index contributed by atoms with van der Waals surface area (Å²) in [5.41, 5.74) is 5.16. The molecular formula is C8H13NO2. The summed E-state index contributed by atoms with van der Waals surface area (Å²) in [4.78, 5) is 11.0. The van der Waals surface area contributed by atoms with Crippen LogP contribution in [0.15, 0.2) is 0 Å². The lowest BCUT2D eigenvalue weighted by atomic mass is 9.88. The Morgan fingerprint density at radius 1 is 1.55 bits per heavy atom. The monoisotopic (exact) mass is 155 g/mol. The van der Waals surface area contributed by atoms with Crippen LogP contribution in [0.5, 0.6) is 0 Å². The molecule has 0 aromatic heterocycles. The van der Waals surface area contributed by atoms with E-state index in [9.17, 15) is 4.79 Å². The van der Waals surface area contributed by atoms with Gasteiger partial charge in [0.05, 0.1) is 12.0 Å². The minimum absolute atomic E-state index is 0.118. The molecule has 0 aromatic carbocycles. The van der Waals surface area contributed by atoms with Crippen molar-refractivity contribution < 1.29 is 9.53 Å². The highest BCUT2D eigenvalue weighted by atomic mass is 16.5. The molecule has 0 aromatic rings. The van der Waals surface area contributed by atoms with E-state index in [0.717, 1.165) is 32.5 Å². The molecule has 62 valence electrons. The number of rotatable bonds is 2. The smallest absolute Gasteiger partial charge is 0.224 e. The normalized spacial score (nSPS) is 33.6. The number of hydrogen-bond donors (Lipinski definition) is 1. The average Bonchev–Trinajstić information content (AvgIpc) is 2.61. The Labute approximate surface area is 65.9 Å². The van der Waals surface area contributed by atoms with Gasteiger partial charge in [-0.15, -0.1) is 0 Å². The Morgan fingerprint density at radius 2 is 2.27 bits per heavy atom. The Morgan fingerprint density at radius 3 is 2.64 bits per heavy atom. The Hall–Kier alpha value is -0.570. The zero-order valence-corrected chi connectivity index (χ0v) is 6.51. The number of nitrogens with two attached hydrogens (primary N) is 1. The molecule has 2 N–H and O–H groups in total. The molecule has 3 heteroatoms. The van der Waals surface area contributed by atoms with E-state index in [2.05, 4.69) is 0 Å². The number of carbonyl (C=O) groups excluding carboxylic acids is 1. The minimum Gasteiger partial charge on any atom is -0.381 e. The first-order valence-electron chi connectivity index (χ1n) is 4.13. The maximum Gasteiger partial charge on any atom is 0.224 e. The molecule has 0 bridgehead atoms. The molecule has 1 amide bonds. The summed E-state index contributed by atoms with van der Waals surface area (Å²) >= 11 is 0. The van der Waals surface area contributed by atoms with Crippen molar-refractivity contribution in [3.8, 4) is 0 Å². The minimum atomic E-state index is -0.156. The Kier molecular flexibility index (Phi) is 1.42. The lowest BCUT2D eigenvalue weighted by Crippen LogP contribution is -2.32. The molecule has 3 nitrogen and oxygen atoms in total. The van der Waals surface area contributed by atoms with E-state index in [1.54, 1.807) is 0 Å². The van der Waals surface area contributed by atoms with Gasteiger partial charge in [0.2, 0.25) is 5.91 Å². The zero-order chi connectivity index (χ0) is 7.90. The van der Waals surface area contributed by atoms with Gasteiger partial charge in [0.25, 0.3) is 0 Å². The molecule has 1 heterocycles. The standard InChI is InChI=1S/C8H13NO2/c9-7(10)8(2-3-8)6-1-4-11-5-6/h6H,1-5H2,(H2,9,10)/t6-/m0/s1. The van der Waals surface area contributed by atoms with Crippen molar-refractivity contribution in [3.05, 3.63) is 0 Å². The van der Waals surface area contributed by atoms with E-state index < -0.39 is 0 Å². The molecule has 0 radical (unpaired) electrons. The van der Waals surface area contributed by atoms with Gasteiger partial charge >= 0.3 is 0 Å². The quantitative estimate of drug-likeness (QED) is 0.623. The van der Waals surface area contributed by atoms with Crippen LogP contribution in [-0.2, 0) is 9.53 Å². The summed E-state index contributed by atoms with van der Waals surface area (Å²) in [6, 6.07) is 0. The van der Waals surface area contributed by atoms with Crippen LogP contribution < -0.4 is 5.73 Å². The number of amides is 1. The fourth-order valence-corrected chi connectivity index (χ4v) is 1.96. The molecular weight excluding hydrogens is 142 g/mol. The summed E-state index contributed by atoms with van der Waals surface area (Å²) in [6.45, 7) is 1.54. The van der Waals surface area contributed by atoms with Gasteiger partial charge in [0, 0.05) is 6.61 Å². The third-order valence-corrected chi connectivity index (χ3v) is 2.99. The second kappa shape index (κ2) is 2.21. The van der Waals surface area contributed by atoms with Crippen LogP contribution in [-0.4, -0.2) is 19.1 Å². The van der Waals surface area contributed by atoms with Gasteiger partial charge in [0.15, 0.2) is 0 Å². The highest BCUT2D eigenvalue weighted by molar-refractivity contribution is 5.84. The summed E-state index contributed by atoms with van der Waals surface area (Å²) in [5, 5.41) is 0. The van der Waals surface area contributed by atoms with Gasteiger partial charge in [-0.2, -0.15) is 0 Å². The van der Waals surface area contributed by atoms with Crippen LogP contribution in [0.2, 0.25) is 0 Å². The first-order valence-corrected chi connectivity index (χ1v) is 4.13. The summed E-state index contributed by atoms with van der Waals surface area (Å²) in [6.07, 6.45) is 2.98. The Balaban J connectivity index is 2.07. The van der Waals surface area contributed by atoms with Crippen LogP contribution >= 0.6 is 0 Å². The van der Waals surface area contributed by atoms with Crippen LogP contribution in [0.1, 0.15) is 19.3 Å². The fourth-order valence-electron chi connectivity index (χ4n) is 1.96. The summed E-state index contributed by atoms with van der Waals surface area (Å²) < 4.78 is 5.23. The highest BCUT2D eigenvalue weighted by Crippen LogP contribution is 2.54. The number of primary amides is 1. The van der Waals surface area contributed by atoms with Crippen LogP contribution in [0.3, 0.4) is 0 Å². The summed E-state index contributed by atoms with van der Waals surface area (Å²) in [5.74, 6) is 0.299. The number of carbonyl (C=O) groups is 1. The fraction of sp³-hybridized carbons (Fsp3) is 0.875. The number of ether oxygens (including phenoxy) is 1. The van der Waals surface area contributed by atoms with Gasteiger partial charge in [0.1, 0.15) is 0 Å². The molecule has 0 unspecified atom stereocenters. The average molecular weight is 155 g/mol. The van der Waals surface area contributed by atoms with Crippen LogP contribution in [0, 0.1) is 11.3 Å². The largest absolute Gasteiger partial charge is 0.381 e. The van der Waals surface area contributed by atoms with Crippen molar-refractivity contribution in [2.24, 2.45) is 17.1 Å². The van der Waals surface area contributed by atoms with E-state index in [-0.39, 0.29) is 11.3 Å². The molecule has 1 saturated heterocycles. The van der Waals surface area contributed by atoms with E-state index >= 15 is 0 Å². The Bertz CT molecular complexity index is 181. The zero-order valence-electron chi connectivity index (χ0n) is 6.51. The molecule has 1 aliphatic heterocycles. The molecule has 2 aliphatic rings. The third-order valence-electron chi connectivity index (χ3n) is 2.99. The van der Waals surface area contributed by atoms with Crippen molar-refractivity contribution >= 4 is 5.91 Å². The van der Waals surface area contributed by atoms with Crippen LogP contribution in [0.25, 0.3) is 0 Å². The molecule has 1 atom stereocenters. The second-order valence-electron chi connectivity index (χ2n) is 3.58. The first-order chi connectivity index (χ1) is 5.26. The van der Waals surface area contributed by atoms with Crippen molar-refractivity contribution in [3.63, 3.8) is 0 Å². The lowest BCUT2D eigenvalue weighted by molar-refractivity contribution is -0.125. The second-order valence-corrected chi connectivity index (χ2v) is 3.58. The van der Waals surface area contributed by atoms with Gasteiger partial charge in [-0.1, -0.05) is 0 Å². The number of hydrogen-bond acceptors (Lipinski definition) is 2. The van der Waals surface area contributed by atoms with E-state index in [0.29, 0.717) is 5.92 Å². The SMILES string of the molecule is NC(=O)C1([C@H]2CCOC2)CC1. The molecule has 2 rings (SSSR count). The first kappa shape index (κ1) is 7.10. The van der Waals surface area contributed by atoms with Crippen molar-refractivity contribution in [1.29, 1.82) is 0 Å². The molecule has 11 heavy (non-hydrogen) atoms. The molecule has 0 spiro atoms. The summed E-state index contributed by atoms with van der Waals surface area (Å²) in [7, 11) is 0. The van der Waals surface area contributed by atoms with Gasteiger partial charge in [-0.25, -0.2) is 0 Å².